The summed E-state index contributed by atoms with van der Waals surface area (Å²) in [5, 5.41) is 2.69. The van der Waals surface area contributed by atoms with Crippen LogP contribution in [0.3, 0.4) is 0 Å². The summed E-state index contributed by atoms with van der Waals surface area (Å²) >= 11 is 12.5. The molecule has 1 nitrogen and oxygen atoms in total. The number of Topliss-reactive ketones (excluding diaryl/α,β-unsaturated/α-hetero) is 1. The molecule has 0 saturated carbocycles. The van der Waals surface area contributed by atoms with E-state index < -0.39 is 0 Å². The first-order chi connectivity index (χ1) is 8.65. The third-order valence-electron chi connectivity index (χ3n) is 2.24. The van der Waals surface area contributed by atoms with E-state index in [1.54, 1.807) is 11.3 Å². The summed E-state index contributed by atoms with van der Waals surface area (Å²) in [4.78, 5) is 14.0. The maximum Gasteiger partial charge on any atom is 0.148 e. The molecule has 0 bridgehead atoms. The maximum atomic E-state index is 11.9. The van der Waals surface area contributed by atoms with Crippen molar-refractivity contribution in [3.63, 3.8) is 0 Å². The van der Waals surface area contributed by atoms with Crippen LogP contribution in [0.25, 0.3) is 0 Å². The molecule has 18 heavy (non-hydrogen) atoms. The van der Waals surface area contributed by atoms with Crippen LogP contribution in [0.4, 0.5) is 0 Å². The van der Waals surface area contributed by atoms with Gasteiger partial charge in [-0.2, -0.15) is 0 Å². The molecule has 1 heterocycles. The van der Waals surface area contributed by atoms with Crippen LogP contribution in [-0.2, 0) is 11.2 Å². The summed E-state index contributed by atoms with van der Waals surface area (Å²) in [5.41, 5.74) is 0. The minimum atomic E-state index is 0.225. The SMILES string of the molecule is O=C(CSc1cccc(Cl)c1)Cc1sccc1Br. The lowest BCUT2D eigenvalue weighted by Crippen LogP contribution is -2.04. The van der Waals surface area contributed by atoms with E-state index >= 15 is 0 Å². The van der Waals surface area contributed by atoms with Crippen LogP contribution in [0.2, 0.25) is 5.02 Å². The molecule has 0 aliphatic carbocycles. The van der Waals surface area contributed by atoms with E-state index in [-0.39, 0.29) is 5.78 Å². The highest BCUT2D eigenvalue weighted by molar-refractivity contribution is 9.10. The maximum absolute atomic E-state index is 11.9. The molecule has 1 aromatic heterocycles. The van der Waals surface area contributed by atoms with Crippen molar-refractivity contribution in [1.29, 1.82) is 0 Å². The van der Waals surface area contributed by atoms with Crippen molar-refractivity contribution in [1.82, 2.24) is 0 Å². The zero-order valence-corrected chi connectivity index (χ0v) is 13.3. The van der Waals surface area contributed by atoms with Crippen molar-refractivity contribution in [2.75, 3.05) is 5.75 Å². The topological polar surface area (TPSA) is 17.1 Å². The van der Waals surface area contributed by atoms with Crippen molar-refractivity contribution in [3.8, 4) is 0 Å². The number of hydrogen-bond donors (Lipinski definition) is 0. The lowest BCUT2D eigenvalue weighted by Gasteiger charge is -2.01. The first-order valence-corrected chi connectivity index (χ1v) is 8.30. The fraction of sp³-hybridized carbons (Fsp3) is 0.154. The normalized spacial score (nSPS) is 10.6. The summed E-state index contributed by atoms with van der Waals surface area (Å²) < 4.78 is 1.02. The van der Waals surface area contributed by atoms with Gasteiger partial charge in [0.2, 0.25) is 0 Å². The number of hydrogen-bond acceptors (Lipinski definition) is 3. The Morgan fingerprint density at radius 2 is 2.22 bits per heavy atom. The van der Waals surface area contributed by atoms with Crippen molar-refractivity contribution in [3.05, 3.63) is 50.1 Å². The molecular weight excluding hydrogens is 352 g/mol. The minimum absolute atomic E-state index is 0.225. The number of carbonyl (C=O) groups excluding carboxylic acids is 1. The zero-order valence-electron chi connectivity index (χ0n) is 9.36. The highest BCUT2D eigenvalue weighted by atomic mass is 79.9. The third kappa shape index (κ3) is 4.12. The second-order valence-electron chi connectivity index (χ2n) is 3.65. The third-order valence-corrected chi connectivity index (χ3v) is 5.46. The molecule has 94 valence electrons. The molecule has 0 amide bonds. The van der Waals surface area contributed by atoms with E-state index in [9.17, 15) is 4.79 Å². The van der Waals surface area contributed by atoms with Crippen LogP contribution in [0.5, 0.6) is 0 Å². The minimum Gasteiger partial charge on any atom is -0.298 e. The van der Waals surface area contributed by atoms with E-state index in [0.29, 0.717) is 17.2 Å². The highest BCUT2D eigenvalue weighted by Gasteiger charge is 2.09. The second-order valence-corrected chi connectivity index (χ2v) is 6.99. The molecule has 5 heteroatoms. The van der Waals surface area contributed by atoms with Gasteiger partial charge in [0.1, 0.15) is 5.78 Å². The number of thiophene rings is 1. The molecule has 0 unspecified atom stereocenters. The number of halogens is 2. The molecule has 2 rings (SSSR count). The Labute approximate surface area is 128 Å². The van der Waals surface area contributed by atoms with Gasteiger partial charge in [-0.1, -0.05) is 17.7 Å². The van der Waals surface area contributed by atoms with Crippen LogP contribution in [0.1, 0.15) is 4.88 Å². The molecule has 2 aromatic rings. The van der Waals surface area contributed by atoms with Crippen LogP contribution < -0.4 is 0 Å². The lowest BCUT2D eigenvalue weighted by atomic mass is 10.3. The van der Waals surface area contributed by atoms with Crippen LogP contribution in [0, 0.1) is 0 Å². The summed E-state index contributed by atoms with van der Waals surface area (Å²) in [6.45, 7) is 0. The Hall–Kier alpha value is -0.290. The fourth-order valence-electron chi connectivity index (χ4n) is 1.40. The number of rotatable bonds is 5. The molecule has 0 aliphatic rings. The predicted octanol–water partition coefficient (Wildman–Crippen LogP) is 5.07. The Balaban J connectivity index is 1.87. The number of ketones is 1. The average Bonchev–Trinajstić information content (AvgIpc) is 2.73. The Bertz CT molecular complexity index is 553. The number of carbonyl (C=O) groups is 1. The standard InChI is InChI=1S/C13H10BrClOS2/c14-12-4-5-17-13(12)7-10(16)8-18-11-3-1-2-9(15)6-11/h1-6H,7-8H2. The van der Waals surface area contributed by atoms with Crippen LogP contribution >= 0.6 is 50.6 Å². The summed E-state index contributed by atoms with van der Waals surface area (Å²) in [5.74, 6) is 0.702. The lowest BCUT2D eigenvalue weighted by molar-refractivity contribution is -0.115. The Morgan fingerprint density at radius 3 is 2.89 bits per heavy atom. The Morgan fingerprint density at radius 1 is 1.39 bits per heavy atom. The molecule has 0 atom stereocenters. The molecule has 0 N–H and O–H groups in total. The largest absolute Gasteiger partial charge is 0.298 e. The van der Waals surface area contributed by atoms with Crippen LogP contribution in [0.15, 0.2) is 45.1 Å². The van der Waals surface area contributed by atoms with Gasteiger partial charge in [0.05, 0.1) is 5.75 Å². The van der Waals surface area contributed by atoms with E-state index in [4.69, 9.17) is 11.6 Å². The average molecular weight is 362 g/mol. The molecular formula is C13H10BrClOS2. The number of thioether (sulfide) groups is 1. The van der Waals surface area contributed by atoms with Gasteiger partial charge in [0.15, 0.2) is 0 Å². The summed E-state index contributed by atoms with van der Waals surface area (Å²) in [6, 6.07) is 9.53. The summed E-state index contributed by atoms with van der Waals surface area (Å²) in [6.07, 6.45) is 0.492. The molecule has 0 radical (unpaired) electrons. The van der Waals surface area contributed by atoms with E-state index in [1.807, 2.05) is 35.7 Å². The van der Waals surface area contributed by atoms with Crippen molar-refractivity contribution >= 4 is 56.4 Å². The molecule has 0 saturated heterocycles. The molecule has 0 fully saturated rings. The van der Waals surface area contributed by atoms with Gasteiger partial charge in [-0.05, 0) is 45.6 Å². The van der Waals surface area contributed by atoms with Crippen molar-refractivity contribution in [2.45, 2.75) is 11.3 Å². The predicted molar refractivity (Wildman–Crippen MR) is 82.9 cm³/mol. The van der Waals surface area contributed by atoms with Gasteiger partial charge in [-0.25, -0.2) is 0 Å². The van der Waals surface area contributed by atoms with Gasteiger partial charge in [-0.3, -0.25) is 4.79 Å². The van der Waals surface area contributed by atoms with Gasteiger partial charge < -0.3 is 0 Å². The van der Waals surface area contributed by atoms with Crippen molar-refractivity contribution < 1.29 is 4.79 Å². The Kier molecular flexibility index (Phi) is 5.30. The van der Waals surface area contributed by atoms with Crippen LogP contribution in [-0.4, -0.2) is 11.5 Å². The first kappa shape index (κ1) is 14.1. The highest BCUT2D eigenvalue weighted by Crippen LogP contribution is 2.25. The van der Waals surface area contributed by atoms with Gasteiger partial charge >= 0.3 is 0 Å². The van der Waals surface area contributed by atoms with Gasteiger partial charge in [0, 0.05) is 25.7 Å². The molecule has 0 aliphatic heterocycles. The summed E-state index contributed by atoms with van der Waals surface area (Å²) in [7, 11) is 0. The van der Waals surface area contributed by atoms with Gasteiger partial charge in [-0.15, -0.1) is 23.1 Å². The second kappa shape index (κ2) is 6.75. The quantitative estimate of drug-likeness (QED) is 0.692. The first-order valence-electron chi connectivity index (χ1n) is 5.27. The number of benzene rings is 1. The monoisotopic (exact) mass is 360 g/mol. The van der Waals surface area contributed by atoms with Gasteiger partial charge in [0.25, 0.3) is 0 Å². The molecule has 0 spiro atoms. The molecule has 1 aromatic carbocycles. The van der Waals surface area contributed by atoms with Crippen molar-refractivity contribution in [2.24, 2.45) is 0 Å². The zero-order chi connectivity index (χ0) is 13.0. The van der Waals surface area contributed by atoms with E-state index in [1.165, 1.54) is 11.8 Å². The van der Waals surface area contributed by atoms with E-state index in [0.717, 1.165) is 14.2 Å². The van der Waals surface area contributed by atoms with E-state index in [2.05, 4.69) is 15.9 Å². The smallest absolute Gasteiger partial charge is 0.148 e. The fourth-order valence-corrected chi connectivity index (χ4v) is 3.99.